The minimum Gasteiger partial charge on any atom is -0.494 e. The summed E-state index contributed by atoms with van der Waals surface area (Å²) in [5.74, 6) is 2.46. The van der Waals surface area contributed by atoms with Gasteiger partial charge in [0.2, 0.25) is 0 Å². The molecule has 0 unspecified atom stereocenters. The van der Waals surface area contributed by atoms with Gasteiger partial charge in [0.1, 0.15) is 29.4 Å². The van der Waals surface area contributed by atoms with E-state index < -0.39 is 0 Å². The van der Waals surface area contributed by atoms with Crippen molar-refractivity contribution in [2.75, 3.05) is 18.5 Å². The third-order valence-electron chi connectivity index (χ3n) is 3.71. The summed E-state index contributed by atoms with van der Waals surface area (Å²) in [7, 11) is 0. The number of benzene rings is 2. The lowest BCUT2D eigenvalue weighted by Crippen LogP contribution is -2.23. The fourth-order valence-electron chi connectivity index (χ4n) is 2.60. The topological polar surface area (TPSA) is 82.0 Å². The number of hydrogen-bond donors (Lipinski definition) is 2. The average molecular weight is 353 g/mol. The minimum absolute atomic E-state index is 0.278. The monoisotopic (exact) mass is 353 g/mol. The molecular formula is C20H23N3O3. The van der Waals surface area contributed by atoms with Gasteiger partial charge in [0.25, 0.3) is 0 Å². The van der Waals surface area contributed by atoms with Gasteiger partial charge in [-0.25, -0.2) is 4.99 Å². The standard InChI is InChI=1S/C20H23N3O3/c1-3-24-15-9-10-19(25-4-2)17(12-15)23-20(21)22-13-16-11-14-7-5-6-8-18(14)26-16/h5-12H,3-4,13H2,1-2H3,(H3,21,22,23). The number of anilines is 1. The van der Waals surface area contributed by atoms with E-state index in [1.807, 2.05) is 62.4 Å². The lowest BCUT2D eigenvalue weighted by molar-refractivity contribution is 0.332. The molecule has 0 atom stereocenters. The van der Waals surface area contributed by atoms with Gasteiger partial charge in [-0.05, 0) is 38.1 Å². The molecule has 3 aromatic rings. The maximum atomic E-state index is 6.04. The van der Waals surface area contributed by atoms with Crippen molar-refractivity contribution in [2.45, 2.75) is 20.4 Å². The highest BCUT2D eigenvalue weighted by atomic mass is 16.5. The van der Waals surface area contributed by atoms with Crippen molar-refractivity contribution >= 4 is 22.6 Å². The molecule has 1 heterocycles. The molecule has 136 valence electrons. The van der Waals surface area contributed by atoms with Crippen LogP contribution in [-0.2, 0) is 6.54 Å². The third kappa shape index (κ3) is 4.27. The van der Waals surface area contributed by atoms with Crippen LogP contribution < -0.4 is 20.5 Å². The quantitative estimate of drug-likeness (QED) is 0.492. The van der Waals surface area contributed by atoms with E-state index in [9.17, 15) is 0 Å². The number of nitrogens with zero attached hydrogens (tertiary/aromatic N) is 1. The van der Waals surface area contributed by atoms with Crippen molar-refractivity contribution < 1.29 is 13.9 Å². The Kier molecular flexibility index (Phi) is 5.63. The van der Waals surface area contributed by atoms with Gasteiger partial charge in [-0.2, -0.15) is 0 Å². The third-order valence-corrected chi connectivity index (χ3v) is 3.71. The number of rotatable bonds is 7. The van der Waals surface area contributed by atoms with E-state index in [1.165, 1.54) is 0 Å². The second-order valence-corrected chi connectivity index (χ2v) is 5.60. The summed E-state index contributed by atoms with van der Waals surface area (Å²) in [6, 6.07) is 15.4. The normalized spacial score (nSPS) is 11.5. The SMILES string of the molecule is CCOc1ccc(OCC)c(NC(N)=NCc2cc3ccccc3o2)c1. The zero-order valence-corrected chi connectivity index (χ0v) is 15.0. The highest BCUT2D eigenvalue weighted by molar-refractivity contribution is 5.94. The van der Waals surface area contributed by atoms with Gasteiger partial charge < -0.3 is 24.9 Å². The van der Waals surface area contributed by atoms with Crippen LogP contribution in [-0.4, -0.2) is 19.2 Å². The maximum absolute atomic E-state index is 6.04. The number of fused-ring (bicyclic) bond motifs is 1. The van der Waals surface area contributed by atoms with Crippen LogP contribution in [0.5, 0.6) is 11.5 Å². The Bertz CT molecular complexity index is 869. The predicted molar refractivity (Wildman–Crippen MR) is 104 cm³/mol. The van der Waals surface area contributed by atoms with Crippen LogP contribution in [0.4, 0.5) is 5.69 Å². The fourth-order valence-corrected chi connectivity index (χ4v) is 2.60. The van der Waals surface area contributed by atoms with Crippen LogP contribution in [0.1, 0.15) is 19.6 Å². The Morgan fingerprint density at radius 3 is 2.65 bits per heavy atom. The van der Waals surface area contributed by atoms with Crippen molar-refractivity contribution in [3.8, 4) is 11.5 Å². The molecule has 0 fully saturated rings. The largest absolute Gasteiger partial charge is 0.494 e. The summed E-state index contributed by atoms with van der Waals surface area (Å²) < 4.78 is 16.9. The molecule has 0 aliphatic carbocycles. The van der Waals surface area contributed by atoms with E-state index in [2.05, 4.69) is 10.3 Å². The van der Waals surface area contributed by atoms with Gasteiger partial charge in [0.05, 0.1) is 18.9 Å². The van der Waals surface area contributed by atoms with Gasteiger partial charge in [-0.1, -0.05) is 18.2 Å². The first-order valence-corrected chi connectivity index (χ1v) is 8.63. The second-order valence-electron chi connectivity index (χ2n) is 5.60. The van der Waals surface area contributed by atoms with Crippen LogP contribution in [0.15, 0.2) is 57.9 Å². The lowest BCUT2D eigenvalue weighted by Gasteiger charge is -2.13. The molecule has 0 aliphatic heterocycles. The smallest absolute Gasteiger partial charge is 0.193 e. The number of furan rings is 1. The Morgan fingerprint density at radius 1 is 1.08 bits per heavy atom. The number of nitrogens with two attached hydrogens (primary N) is 1. The minimum atomic E-state index is 0.278. The molecule has 0 radical (unpaired) electrons. The number of guanidine groups is 1. The first-order chi connectivity index (χ1) is 12.7. The van der Waals surface area contributed by atoms with Gasteiger partial charge in [-0.3, -0.25) is 0 Å². The first kappa shape index (κ1) is 17.7. The first-order valence-electron chi connectivity index (χ1n) is 8.63. The highest BCUT2D eigenvalue weighted by Crippen LogP contribution is 2.29. The van der Waals surface area contributed by atoms with Gasteiger partial charge in [0, 0.05) is 11.5 Å². The highest BCUT2D eigenvalue weighted by Gasteiger charge is 2.08. The summed E-state index contributed by atoms with van der Waals surface area (Å²) in [4.78, 5) is 4.36. The molecule has 3 rings (SSSR count). The zero-order chi connectivity index (χ0) is 18.4. The number of ether oxygens (including phenoxy) is 2. The molecule has 26 heavy (non-hydrogen) atoms. The molecule has 0 bridgehead atoms. The van der Waals surface area contributed by atoms with Crippen molar-refractivity contribution in [1.29, 1.82) is 0 Å². The summed E-state index contributed by atoms with van der Waals surface area (Å²) in [5, 5.41) is 4.13. The molecule has 1 aromatic heterocycles. The Hall–Kier alpha value is -3.15. The molecule has 6 nitrogen and oxygen atoms in total. The molecule has 0 spiro atoms. The molecule has 0 aliphatic rings. The summed E-state index contributed by atoms with van der Waals surface area (Å²) >= 11 is 0. The zero-order valence-electron chi connectivity index (χ0n) is 15.0. The van der Waals surface area contributed by atoms with E-state index in [4.69, 9.17) is 19.6 Å². The predicted octanol–water partition coefficient (Wildman–Crippen LogP) is 4.16. The van der Waals surface area contributed by atoms with Crippen molar-refractivity contribution in [2.24, 2.45) is 10.7 Å². The number of nitrogens with one attached hydrogen (secondary N) is 1. The van der Waals surface area contributed by atoms with Crippen LogP contribution in [0.2, 0.25) is 0 Å². The number of hydrogen-bond acceptors (Lipinski definition) is 4. The van der Waals surface area contributed by atoms with E-state index >= 15 is 0 Å². The average Bonchev–Trinajstić information content (AvgIpc) is 3.05. The molecule has 0 saturated heterocycles. The van der Waals surface area contributed by atoms with Crippen molar-refractivity contribution in [3.63, 3.8) is 0 Å². The van der Waals surface area contributed by atoms with Crippen LogP contribution in [0, 0.1) is 0 Å². The van der Waals surface area contributed by atoms with Crippen LogP contribution in [0.25, 0.3) is 11.0 Å². The number of aliphatic imine (C=N–C) groups is 1. The van der Waals surface area contributed by atoms with Gasteiger partial charge >= 0.3 is 0 Å². The number of para-hydroxylation sites is 1. The van der Waals surface area contributed by atoms with Crippen molar-refractivity contribution in [3.05, 3.63) is 54.3 Å². The lowest BCUT2D eigenvalue weighted by atomic mass is 10.2. The Morgan fingerprint density at radius 2 is 1.88 bits per heavy atom. The van der Waals surface area contributed by atoms with E-state index in [1.54, 1.807) is 0 Å². The maximum Gasteiger partial charge on any atom is 0.193 e. The summed E-state index contributed by atoms with van der Waals surface area (Å²) in [6.45, 7) is 5.36. The fraction of sp³-hybridized carbons (Fsp3) is 0.250. The molecule has 0 amide bonds. The van der Waals surface area contributed by atoms with E-state index in [0.29, 0.717) is 31.2 Å². The molecule has 3 N–H and O–H groups in total. The van der Waals surface area contributed by atoms with Crippen LogP contribution in [0.3, 0.4) is 0 Å². The van der Waals surface area contributed by atoms with Crippen molar-refractivity contribution in [1.82, 2.24) is 0 Å². The molecular weight excluding hydrogens is 330 g/mol. The summed E-state index contributed by atoms with van der Waals surface area (Å²) in [5.41, 5.74) is 7.59. The molecule has 0 saturated carbocycles. The summed E-state index contributed by atoms with van der Waals surface area (Å²) in [6.07, 6.45) is 0. The van der Waals surface area contributed by atoms with Gasteiger partial charge in [-0.15, -0.1) is 0 Å². The Balaban J connectivity index is 1.74. The van der Waals surface area contributed by atoms with E-state index in [0.717, 1.165) is 22.5 Å². The van der Waals surface area contributed by atoms with E-state index in [-0.39, 0.29) is 5.96 Å². The molecule has 2 aromatic carbocycles. The second kappa shape index (κ2) is 8.29. The van der Waals surface area contributed by atoms with Crippen LogP contribution >= 0.6 is 0 Å². The molecule has 6 heteroatoms. The Labute approximate surface area is 152 Å². The van der Waals surface area contributed by atoms with Gasteiger partial charge in [0.15, 0.2) is 5.96 Å².